The van der Waals surface area contributed by atoms with Gasteiger partial charge in [0.25, 0.3) is 0 Å². The minimum atomic E-state index is -0.796. The lowest BCUT2D eigenvalue weighted by molar-refractivity contribution is 0.276. The first-order valence-electron chi connectivity index (χ1n) is 6.99. The number of halogens is 1. The number of ether oxygens (including phenoxy) is 2. The van der Waals surface area contributed by atoms with Crippen LogP contribution >= 0.6 is 11.6 Å². The zero-order chi connectivity index (χ0) is 16.7. The smallest absolute Gasteiger partial charge is 0.143 e. The fourth-order valence-electron chi connectivity index (χ4n) is 2.16. The van der Waals surface area contributed by atoms with Gasteiger partial charge in [-0.1, -0.05) is 23.7 Å². The first-order valence-corrected chi connectivity index (χ1v) is 7.37. The van der Waals surface area contributed by atoms with Crippen molar-refractivity contribution in [2.24, 2.45) is 5.92 Å². The Morgan fingerprint density at radius 2 is 1.52 bits per heavy atom. The molecule has 5 heteroatoms. The highest BCUT2D eigenvalue weighted by molar-refractivity contribution is 6.30. The molecule has 0 bridgehead atoms. The Hall–Kier alpha value is -2.69. The molecule has 116 valence electrons. The molecule has 4 nitrogen and oxygen atoms in total. The average molecular weight is 327 g/mol. The van der Waals surface area contributed by atoms with Gasteiger partial charge in [-0.05, 0) is 42.0 Å². The van der Waals surface area contributed by atoms with E-state index in [1.54, 1.807) is 43.5 Å². The maximum Gasteiger partial charge on any atom is 0.143 e. The van der Waals surface area contributed by atoms with Gasteiger partial charge in [-0.3, -0.25) is 0 Å². The summed E-state index contributed by atoms with van der Waals surface area (Å²) < 4.78 is 10.9. The molecular formula is C18H15ClN2O2. The summed E-state index contributed by atoms with van der Waals surface area (Å²) in [5.41, 5.74) is 0.855. The van der Waals surface area contributed by atoms with Gasteiger partial charge in [0, 0.05) is 10.9 Å². The lowest BCUT2D eigenvalue weighted by atomic mass is 9.88. The van der Waals surface area contributed by atoms with Crippen LogP contribution in [0, 0.1) is 28.6 Å². The molecular weight excluding hydrogens is 312 g/mol. The summed E-state index contributed by atoms with van der Waals surface area (Å²) in [4.78, 5) is 0. The van der Waals surface area contributed by atoms with Crippen molar-refractivity contribution in [1.29, 1.82) is 10.5 Å². The number of benzene rings is 2. The van der Waals surface area contributed by atoms with E-state index in [1.807, 2.05) is 24.3 Å². The number of nitriles is 2. The first-order chi connectivity index (χ1) is 11.2. The maximum atomic E-state index is 9.22. The molecule has 2 aromatic carbocycles. The number of rotatable bonds is 6. The van der Waals surface area contributed by atoms with Crippen LogP contribution in [0.15, 0.2) is 48.5 Å². The lowest BCUT2D eigenvalue weighted by Gasteiger charge is -2.19. The minimum absolute atomic E-state index is 0.222. The summed E-state index contributed by atoms with van der Waals surface area (Å²) in [6.07, 6.45) is 0. The fourth-order valence-corrected chi connectivity index (χ4v) is 2.29. The van der Waals surface area contributed by atoms with Crippen LogP contribution in [0.25, 0.3) is 0 Å². The molecule has 2 rings (SSSR count). The van der Waals surface area contributed by atoms with Gasteiger partial charge in [0.05, 0.1) is 25.9 Å². The topological polar surface area (TPSA) is 66.0 Å². The van der Waals surface area contributed by atoms with Crippen LogP contribution in [0.3, 0.4) is 0 Å². The second kappa shape index (κ2) is 8.08. The van der Waals surface area contributed by atoms with Gasteiger partial charge in [-0.2, -0.15) is 10.5 Å². The standard InChI is InChI=1S/C18H15ClN2O2/c1-22-16-6-2-13(3-7-16)18(14(10-20)11-21)12-23-17-8-4-15(19)5-9-17/h2-9,14,18H,12H2,1H3/t18-/m0/s1. The van der Waals surface area contributed by atoms with Crippen LogP contribution in [-0.4, -0.2) is 13.7 Å². The summed E-state index contributed by atoms with van der Waals surface area (Å²) in [6.45, 7) is 0.222. The molecule has 0 N–H and O–H groups in total. The van der Waals surface area contributed by atoms with Crippen LogP contribution in [0.2, 0.25) is 5.02 Å². The van der Waals surface area contributed by atoms with E-state index in [2.05, 4.69) is 0 Å². The molecule has 1 atom stereocenters. The third-order valence-electron chi connectivity index (χ3n) is 3.47. The van der Waals surface area contributed by atoms with Crippen molar-refractivity contribution < 1.29 is 9.47 Å². The predicted molar refractivity (Wildman–Crippen MR) is 87.4 cm³/mol. The van der Waals surface area contributed by atoms with Crippen molar-refractivity contribution in [2.45, 2.75) is 5.92 Å². The van der Waals surface area contributed by atoms with Crippen molar-refractivity contribution in [3.63, 3.8) is 0 Å². The summed E-state index contributed by atoms with van der Waals surface area (Å²) >= 11 is 5.84. The lowest BCUT2D eigenvalue weighted by Crippen LogP contribution is -2.18. The largest absolute Gasteiger partial charge is 0.497 e. The SMILES string of the molecule is COc1ccc([C@H](COc2ccc(Cl)cc2)C(C#N)C#N)cc1. The van der Waals surface area contributed by atoms with E-state index in [0.29, 0.717) is 10.8 Å². The monoisotopic (exact) mass is 326 g/mol. The Labute approximate surface area is 140 Å². The molecule has 0 aliphatic carbocycles. The Balaban J connectivity index is 2.18. The van der Waals surface area contributed by atoms with Crippen molar-refractivity contribution in [2.75, 3.05) is 13.7 Å². The highest BCUT2D eigenvalue weighted by atomic mass is 35.5. The predicted octanol–water partition coefficient (Wildman–Crippen LogP) is 4.17. The van der Waals surface area contributed by atoms with Gasteiger partial charge in [-0.25, -0.2) is 0 Å². The van der Waals surface area contributed by atoms with Gasteiger partial charge in [0.2, 0.25) is 0 Å². The van der Waals surface area contributed by atoms with Gasteiger partial charge >= 0.3 is 0 Å². The molecule has 0 unspecified atom stereocenters. The van der Waals surface area contributed by atoms with Crippen LogP contribution in [0.4, 0.5) is 0 Å². The zero-order valence-electron chi connectivity index (χ0n) is 12.6. The Morgan fingerprint density at radius 3 is 2.04 bits per heavy atom. The highest BCUT2D eigenvalue weighted by Gasteiger charge is 2.24. The van der Waals surface area contributed by atoms with Crippen LogP contribution in [0.5, 0.6) is 11.5 Å². The molecule has 0 aromatic heterocycles. The first kappa shape index (κ1) is 16.7. The number of hydrogen-bond donors (Lipinski definition) is 0. The summed E-state index contributed by atoms with van der Waals surface area (Å²) in [6, 6.07) is 18.3. The van der Waals surface area contributed by atoms with E-state index in [4.69, 9.17) is 21.1 Å². The van der Waals surface area contributed by atoms with E-state index < -0.39 is 5.92 Å². The molecule has 0 saturated heterocycles. The van der Waals surface area contributed by atoms with Crippen molar-refractivity contribution in [1.82, 2.24) is 0 Å². The van der Waals surface area contributed by atoms with Crippen LogP contribution < -0.4 is 9.47 Å². The summed E-state index contributed by atoms with van der Waals surface area (Å²) in [5, 5.41) is 19.1. The maximum absolute atomic E-state index is 9.22. The van der Waals surface area contributed by atoms with E-state index >= 15 is 0 Å². The molecule has 0 amide bonds. The Kier molecular flexibility index (Phi) is 5.86. The highest BCUT2D eigenvalue weighted by Crippen LogP contribution is 2.27. The van der Waals surface area contributed by atoms with E-state index in [9.17, 15) is 10.5 Å². The molecule has 0 saturated carbocycles. The summed E-state index contributed by atoms with van der Waals surface area (Å²) in [7, 11) is 1.59. The van der Waals surface area contributed by atoms with E-state index in [1.165, 1.54) is 0 Å². The normalized spacial score (nSPS) is 11.3. The molecule has 2 aromatic rings. The van der Waals surface area contributed by atoms with Gasteiger partial charge in [0.1, 0.15) is 17.4 Å². The van der Waals surface area contributed by atoms with Gasteiger partial charge in [-0.15, -0.1) is 0 Å². The molecule has 23 heavy (non-hydrogen) atoms. The number of hydrogen-bond acceptors (Lipinski definition) is 4. The molecule has 0 fully saturated rings. The number of nitrogens with zero attached hydrogens (tertiary/aromatic N) is 2. The van der Waals surface area contributed by atoms with E-state index in [0.717, 1.165) is 11.3 Å². The third kappa shape index (κ3) is 4.39. The second-order valence-corrected chi connectivity index (χ2v) is 5.32. The Morgan fingerprint density at radius 1 is 0.957 bits per heavy atom. The van der Waals surface area contributed by atoms with Gasteiger partial charge in [0.15, 0.2) is 0 Å². The fraction of sp³-hybridized carbons (Fsp3) is 0.222. The van der Waals surface area contributed by atoms with Crippen molar-refractivity contribution in [3.05, 3.63) is 59.1 Å². The zero-order valence-corrected chi connectivity index (χ0v) is 13.3. The molecule has 0 aliphatic heterocycles. The van der Waals surface area contributed by atoms with E-state index in [-0.39, 0.29) is 12.5 Å². The van der Waals surface area contributed by atoms with Gasteiger partial charge < -0.3 is 9.47 Å². The van der Waals surface area contributed by atoms with Crippen LogP contribution in [-0.2, 0) is 0 Å². The summed E-state index contributed by atoms with van der Waals surface area (Å²) in [5.74, 6) is 0.210. The second-order valence-electron chi connectivity index (χ2n) is 4.88. The average Bonchev–Trinajstić information content (AvgIpc) is 2.60. The van der Waals surface area contributed by atoms with Crippen molar-refractivity contribution >= 4 is 11.6 Å². The molecule has 0 heterocycles. The molecule has 0 aliphatic rings. The molecule has 0 spiro atoms. The third-order valence-corrected chi connectivity index (χ3v) is 3.72. The molecule has 0 radical (unpaired) electrons. The minimum Gasteiger partial charge on any atom is -0.497 e. The van der Waals surface area contributed by atoms with Crippen molar-refractivity contribution in [3.8, 4) is 23.6 Å². The number of methoxy groups -OCH3 is 1. The van der Waals surface area contributed by atoms with Crippen LogP contribution in [0.1, 0.15) is 11.5 Å². The quantitative estimate of drug-likeness (QED) is 0.798. The Bertz CT molecular complexity index is 701.